The molecule has 0 spiro atoms. The molecule has 0 radical (unpaired) electrons. The number of hydrogen-bond acceptors (Lipinski definition) is 6. The molecule has 0 saturated heterocycles. The zero-order chi connectivity index (χ0) is 22.2. The molecule has 2 aromatic carbocycles. The van der Waals surface area contributed by atoms with Crippen LogP contribution in [-0.4, -0.2) is 14.8 Å². The molecule has 1 aliphatic carbocycles. The fourth-order valence-corrected chi connectivity index (χ4v) is 5.38. The van der Waals surface area contributed by atoms with Crippen LogP contribution in [0.25, 0.3) is 22.6 Å². The minimum atomic E-state index is -0.321. The maximum atomic E-state index is 12.3. The molecule has 0 aliphatic heterocycles. The van der Waals surface area contributed by atoms with Crippen LogP contribution in [0.3, 0.4) is 0 Å². The number of rotatable bonds is 6. The van der Waals surface area contributed by atoms with E-state index in [9.17, 15) is 4.79 Å². The van der Waals surface area contributed by atoms with Gasteiger partial charge in [0.15, 0.2) is 10.9 Å². The van der Waals surface area contributed by atoms with Gasteiger partial charge in [-0.15, -0.1) is 10.2 Å². The molecule has 0 amide bonds. The molecule has 33 heavy (non-hydrogen) atoms. The van der Waals surface area contributed by atoms with Gasteiger partial charge in [-0.25, -0.2) is 4.79 Å². The highest BCUT2D eigenvalue weighted by Gasteiger charge is 2.19. The van der Waals surface area contributed by atoms with Crippen molar-refractivity contribution >= 4 is 22.7 Å². The van der Waals surface area contributed by atoms with Crippen LogP contribution in [0.1, 0.15) is 28.7 Å². The van der Waals surface area contributed by atoms with Gasteiger partial charge < -0.3 is 8.83 Å². The zero-order valence-corrected chi connectivity index (χ0v) is 18.7. The molecule has 5 aromatic rings. The third-order valence-corrected chi connectivity index (χ3v) is 7.06. The first-order chi connectivity index (χ1) is 16.2. The Morgan fingerprint density at radius 2 is 1.82 bits per heavy atom. The van der Waals surface area contributed by atoms with Gasteiger partial charge in [0.25, 0.3) is 0 Å². The number of benzene rings is 2. The van der Waals surface area contributed by atoms with E-state index in [2.05, 4.69) is 33.0 Å². The third kappa shape index (κ3) is 3.89. The highest BCUT2D eigenvalue weighted by Crippen LogP contribution is 2.32. The van der Waals surface area contributed by atoms with Gasteiger partial charge in [0, 0.05) is 17.2 Å². The minimum absolute atomic E-state index is 0.321. The highest BCUT2D eigenvalue weighted by atomic mass is 32.2. The van der Waals surface area contributed by atoms with E-state index in [1.807, 2.05) is 36.4 Å². The van der Waals surface area contributed by atoms with Crippen LogP contribution in [0.2, 0.25) is 0 Å². The van der Waals surface area contributed by atoms with Crippen molar-refractivity contribution in [1.82, 2.24) is 14.8 Å². The van der Waals surface area contributed by atoms with Crippen LogP contribution >= 0.6 is 11.8 Å². The summed E-state index contributed by atoms with van der Waals surface area (Å²) in [4.78, 5) is 12.3. The van der Waals surface area contributed by atoms with Gasteiger partial charge in [-0.05, 0) is 65.8 Å². The zero-order valence-electron chi connectivity index (χ0n) is 17.9. The number of aryl methyl sites for hydroxylation is 2. The molecule has 1 aliphatic rings. The van der Waals surface area contributed by atoms with Gasteiger partial charge in [-0.1, -0.05) is 42.1 Å². The molecule has 6 nitrogen and oxygen atoms in total. The average Bonchev–Trinajstić information content (AvgIpc) is 3.58. The van der Waals surface area contributed by atoms with Crippen molar-refractivity contribution in [2.24, 2.45) is 0 Å². The van der Waals surface area contributed by atoms with Gasteiger partial charge in [0.2, 0.25) is 5.82 Å². The Kier molecular flexibility index (Phi) is 5.11. The van der Waals surface area contributed by atoms with Crippen LogP contribution in [0, 0.1) is 0 Å². The monoisotopic (exact) mass is 455 g/mol. The normalized spacial score (nSPS) is 13.0. The molecule has 6 rings (SSSR count). The van der Waals surface area contributed by atoms with Crippen LogP contribution in [-0.2, 0) is 25.1 Å². The van der Waals surface area contributed by atoms with E-state index in [-0.39, 0.29) is 5.63 Å². The summed E-state index contributed by atoms with van der Waals surface area (Å²) < 4.78 is 13.2. The van der Waals surface area contributed by atoms with Crippen LogP contribution in [0.15, 0.2) is 85.7 Å². The number of aromatic nitrogens is 3. The van der Waals surface area contributed by atoms with Crippen molar-refractivity contribution < 1.29 is 8.83 Å². The summed E-state index contributed by atoms with van der Waals surface area (Å²) in [6, 6.07) is 19.8. The number of fused-ring (bicyclic) bond motifs is 2. The Bertz CT molecular complexity index is 1490. The fourth-order valence-electron chi connectivity index (χ4n) is 4.45. The van der Waals surface area contributed by atoms with Gasteiger partial charge in [-0.2, -0.15) is 0 Å². The highest BCUT2D eigenvalue weighted by molar-refractivity contribution is 7.98. The molecule has 0 fully saturated rings. The number of furan rings is 1. The second-order valence-electron chi connectivity index (χ2n) is 8.21. The summed E-state index contributed by atoms with van der Waals surface area (Å²) in [5, 5.41) is 10.6. The van der Waals surface area contributed by atoms with E-state index in [1.165, 1.54) is 11.1 Å². The second kappa shape index (κ2) is 8.41. The number of thioether (sulfide) groups is 1. The molecule has 0 unspecified atom stereocenters. The fraction of sp³-hybridized carbons (Fsp3) is 0.192. The predicted octanol–water partition coefficient (Wildman–Crippen LogP) is 5.47. The first kappa shape index (κ1) is 20.1. The number of nitrogens with zero attached hydrogens (tertiary/aromatic N) is 3. The van der Waals surface area contributed by atoms with Gasteiger partial charge in [0.1, 0.15) is 5.58 Å². The first-order valence-corrected chi connectivity index (χ1v) is 12.0. The SMILES string of the molecule is O=c1cc(CSc2nnc(-c3ccco3)n2Cc2ccccc2)c2cc3c(cc2o1)CCC3. The van der Waals surface area contributed by atoms with E-state index in [0.29, 0.717) is 29.5 Å². The molecule has 7 heteroatoms. The van der Waals surface area contributed by atoms with Gasteiger partial charge in [-0.3, -0.25) is 4.57 Å². The summed E-state index contributed by atoms with van der Waals surface area (Å²) in [5.74, 6) is 1.94. The Hall–Kier alpha value is -3.58. The summed E-state index contributed by atoms with van der Waals surface area (Å²) >= 11 is 1.56. The Balaban J connectivity index is 1.36. The smallest absolute Gasteiger partial charge is 0.336 e. The quantitative estimate of drug-likeness (QED) is 0.250. The average molecular weight is 456 g/mol. The molecule has 3 aromatic heterocycles. The predicted molar refractivity (Wildman–Crippen MR) is 127 cm³/mol. The first-order valence-electron chi connectivity index (χ1n) is 11.0. The number of hydrogen-bond donors (Lipinski definition) is 0. The van der Waals surface area contributed by atoms with Crippen molar-refractivity contribution in [3.05, 3.63) is 99.6 Å². The molecule has 0 bridgehead atoms. The van der Waals surface area contributed by atoms with E-state index >= 15 is 0 Å². The van der Waals surface area contributed by atoms with Crippen LogP contribution in [0.4, 0.5) is 0 Å². The Morgan fingerprint density at radius 1 is 0.970 bits per heavy atom. The van der Waals surface area contributed by atoms with E-state index in [1.54, 1.807) is 24.1 Å². The molecular formula is C26H21N3O3S. The van der Waals surface area contributed by atoms with E-state index < -0.39 is 0 Å². The lowest BCUT2D eigenvalue weighted by atomic mass is 10.0. The summed E-state index contributed by atoms with van der Waals surface area (Å²) in [6.07, 6.45) is 4.91. The van der Waals surface area contributed by atoms with Crippen molar-refractivity contribution in [2.75, 3.05) is 0 Å². The van der Waals surface area contributed by atoms with Crippen molar-refractivity contribution in [1.29, 1.82) is 0 Å². The maximum absolute atomic E-state index is 12.3. The Labute approximate surface area is 194 Å². The molecular weight excluding hydrogens is 434 g/mol. The van der Waals surface area contributed by atoms with Crippen LogP contribution in [0.5, 0.6) is 0 Å². The van der Waals surface area contributed by atoms with E-state index in [4.69, 9.17) is 8.83 Å². The lowest BCUT2D eigenvalue weighted by molar-refractivity contribution is 0.559. The topological polar surface area (TPSA) is 74.1 Å². The van der Waals surface area contributed by atoms with Crippen molar-refractivity contribution in [3.63, 3.8) is 0 Å². The third-order valence-electron chi connectivity index (χ3n) is 6.04. The summed E-state index contributed by atoms with van der Waals surface area (Å²) in [5.41, 5.74) is 5.10. The Morgan fingerprint density at radius 3 is 2.64 bits per heavy atom. The molecule has 3 heterocycles. The lowest BCUT2D eigenvalue weighted by Gasteiger charge is -2.10. The second-order valence-corrected chi connectivity index (χ2v) is 9.15. The maximum Gasteiger partial charge on any atom is 0.336 e. The summed E-state index contributed by atoms with van der Waals surface area (Å²) in [6.45, 7) is 0.622. The van der Waals surface area contributed by atoms with Crippen molar-refractivity contribution in [2.45, 2.75) is 36.7 Å². The van der Waals surface area contributed by atoms with Gasteiger partial charge in [0.05, 0.1) is 12.8 Å². The molecule has 0 N–H and O–H groups in total. The molecule has 164 valence electrons. The summed E-state index contributed by atoms with van der Waals surface area (Å²) in [7, 11) is 0. The molecule has 0 atom stereocenters. The lowest BCUT2D eigenvalue weighted by Crippen LogP contribution is -2.04. The van der Waals surface area contributed by atoms with Gasteiger partial charge >= 0.3 is 5.63 Å². The minimum Gasteiger partial charge on any atom is -0.461 e. The van der Waals surface area contributed by atoms with E-state index in [0.717, 1.165) is 40.9 Å². The largest absolute Gasteiger partial charge is 0.461 e. The standard InChI is InChI=1S/C26H21N3O3S/c30-24-14-20(21-12-18-8-4-9-19(18)13-23(21)32-24)16-33-26-28-27-25(22-10-5-11-31-22)29(26)15-17-6-2-1-3-7-17/h1-3,5-7,10-14H,4,8-9,15-16H2. The molecule has 0 saturated carbocycles. The van der Waals surface area contributed by atoms with Crippen LogP contribution < -0.4 is 5.63 Å². The van der Waals surface area contributed by atoms with Crippen molar-refractivity contribution in [3.8, 4) is 11.6 Å².